The van der Waals surface area contributed by atoms with Crippen LogP contribution in [0.25, 0.3) is 0 Å². The van der Waals surface area contributed by atoms with E-state index in [-0.39, 0.29) is 5.91 Å². The van der Waals surface area contributed by atoms with Crippen LogP contribution in [-0.4, -0.2) is 57.1 Å². The van der Waals surface area contributed by atoms with Crippen LogP contribution in [0.2, 0.25) is 0 Å². The van der Waals surface area contributed by atoms with E-state index in [1.807, 2.05) is 19.2 Å². The van der Waals surface area contributed by atoms with Crippen LogP contribution in [-0.2, 0) is 4.79 Å². The predicted molar refractivity (Wildman–Crippen MR) is 110 cm³/mol. The average molecular weight is 375 g/mol. The molecule has 2 N–H and O–H groups in total. The summed E-state index contributed by atoms with van der Waals surface area (Å²) in [5, 5.41) is 6.17. The molecule has 0 saturated carbocycles. The van der Waals surface area contributed by atoms with Gasteiger partial charge in [-0.25, -0.2) is 0 Å². The SMILES string of the molecule is CN=C(NCCCCOc1ccc(C)cc1)N1CCC(CC(=O)NC)CC1. The number of carbonyl (C=O) groups excluding carboxylic acids is 1. The lowest BCUT2D eigenvalue weighted by Gasteiger charge is -2.34. The van der Waals surface area contributed by atoms with Gasteiger partial charge < -0.3 is 20.3 Å². The molecule has 0 bridgehead atoms. The van der Waals surface area contributed by atoms with Crippen LogP contribution >= 0.6 is 0 Å². The lowest BCUT2D eigenvalue weighted by Crippen LogP contribution is -2.46. The third-order valence-corrected chi connectivity index (χ3v) is 5.02. The summed E-state index contributed by atoms with van der Waals surface area (Å²) in [6.07, 6.45) is 4.76. The fraction of sp³-hybridized carbons (Fsp3) is 0.619. The number of carbonyl (C=O) groups is 1. The number of ether oxygens (including phenoxy) is 1. The number of aryl methyl sites for hydroxylation is 1. The Hall–Kier alpha value is -2.24. The first-order valence-electron chi connectivity index (χ1n) is 9.98. The highest BCUT2D eigenvalue weighted by Gasteiger charge is 2.22. The van der Waals surface area contributed by atoms with Crippen molar-refractivity contribution in [2.24, 2.45) is 10.9 Å². The van der Waals surface area contributed by atoms with E-state index in [1.54, 1.807) is 7.05 Å². The molecule has 0 aliphatic carbocycles. The zero-order chi connectivity index (χ0) is 19.5. The number of benzene rings is 1. The molecular formula is C21H34N4O2. The fourth-order valence-electron chi connectivity index (χ4n) is 3.30. The normalized spacial score (nSPS) is 15.5. The van der Waals surface area contributed by atoms with E-state index in [9.17, 15) is 4.79 Å². The Kier molecular flexibility index (Phi) is 8.95. The Morgan fingerprint density at radius 1 is 1.22 bits per heavy atom. The molecule has 1 aliphatic rings. The van der Waals surface area contributed by atoms with Crippen LogP contribution in [0.1, 0.15) is 37.7 Å². The van der Waals surface area contributed by atoms with Gasteiger partial charge in [-0.05, 0) is 50.7 Å². The molecule has 1 aliphatic heterocycles. The fourth-order valence-corrected chi connectivity index (χ4v) is 3.30. The lowest BCUT2D eigenvalue weighted by atomic mass is 9.93. The number of unbranched alkanes of at least 4 members (excludes halogenated alkanes) is 1. The standard InChI is InChI=1S/C21H34N4O2/c1-17-6-8-19(9-7-17)27-15-5-4-12-24-21(23-3)25-13-10-18(11-14-25)16-20(26)22-2/h6-9,18H,4-5,10-16H2,1-3H3,(H,22,26)(H,23,24). The van der Waals surface area contributed by atoms with Gasteiger partial charge in [-0.3, -0.25) is 9.79 Å². The summed E-state index contributed by atoms with van der Waals surface area (Å²) in [4.78, 5) is 18.2. The second kappa shape index (κ2) is 11.5. The second-order valence-electron chi connectivity index (χ2n) is 7.15. The van der Waals surface area contributed by atoms with Crippen LogP contribution in [0.4, 0.5) is 0 Å². The van der Waals surface area contributed by atoms with Crippen LogP contribution in [0.3, 0.4) is 0 Å². The number of likely N-dealkylation sites (tertiary alicyclic amines) is 1. The molecule has 0 aromatic heterocycles. The molecule has 2 rings (SSSR count). The molecule has 0 atom stereocenters. The van der Waals surface area contributed by atoms with Gasteiger partial charge in [-0.1, -0.05) is 17.7 Å². The number of hydrogen-bond acceptors (Lipinski definition) is 3. The van der Waals surface area contributed by atoms with E-state index in [4.69, 9.17) is 4.74 Å². The third-order valence-electron chi connectivity index (χ3n) is 5.02. The van der Waals surface area contributed by atoms with Crippen molar-refractivity contribution in [2.75, 3.05) is 40.3 Å². The number of hydrogen-bond donors (Lipinski definition) is 2. The maximum atomic E-state index is 11.5. The number of amides is 1. The third kappa shape index (κ3) is 7.49. The van der Waals surface area contributed by atoms with Gasteiger partial charge in [0.15, 0.2) is 5.96 Å². The largest absolute Gasteiger partial charge is 0.494 e. The Morgan fingerprint density at radius 3 is 2.56 bits per heavy atom. The number of rotatable bonds is 8. The highest BCUT2D eigenvalue weighted by Crippen LogP contribution is 2.20. The molecule has 0 unspecified atom stereocenters. The van der Waals surface area contributed by atoms with E-state index in [0.717, 1.165) is 63.6 Å². The minimum absolute atomic E-state index is 0.142. The van der Waals surface area contributed by atoms with Crippen molar-refractivity contribution < 1.29 is 9.53 Å². The summed E-state index contributed by atoms with van der Waals surface area (Å²) in [7, 11) is 3.54. The first kappa shape index (κ1) is 21.1. The zero-order valence-electron chi connectivity index (χ0n) is 17.0. The van der Waals surface area contributed by atoms with Crippen molar-refractivity contribution in [3.05, 3.63) is 29.8 Å². The van der Waals surface area contributed by atoms with Crippen molar-refractivity contribution in [3.8, 4) is 5.75 Å². The summed E-state index contributed by atoms with van der Waals surface area (Å²) in [5.74, 6) is 2.53. The summed E-state index contributed by atoms with van der Waals surface area (Å²) in [5.41, 5.74) is 1.25. The van der Waals surface area contributed by atoms with Crippen molar-refractivity contribution in [3.63, 3.8) is 0 Å². The summed E-state index contributed by atoms with van der Waals surface area (Å²) >= 11 is 0. The molecule has 1 saturated heterocycles. The van der Waals surface area contributed by atoms with Gasteiger partial charge in [0.05, 0.1) is 6.61 Å². The van der Waals surface area contributed by atoms with Crippen molar-refractivity contribution in [2.45, 2.75) is 39.0 Å². The van der Waals surface area contributed by atoms with E-state index in [2.05, 4.69) is 39.6 Å². The quantitative estimate of drug-likeness (QED) is 0.417. The van der Waals surface area contributed by atoms with Gasteiger partial charge in [-0.2, -0.15) is 0 Å². The maximum Gasteiger partial charge on any atom is 0.220 e. The molecule has 1 amide bonds. The summed E-state index contributed by atoms with van der Waals surface area (Å²) in [6.45, 7) is 5.61. The minimum atomic E-state index is 0.142. The molecule has 1 aromatic rings. The van der Waals surface area contributed by atoms with E-state index < -0.39 is 0 Å². The zero-order valence-corrected chi connectivity index (χ0v) is 17.0. The molecule has 150 valence electrons. The average Bonchev–Trinajstić information content (AvgIpc) is 2.69. The highest BCUT2D eigenvalue weighted by atomic mass is 16.5. The summed E-state index contributed by atoms with van der Waals surface area (Å²) < 4.78 is 5.76. The van der Waals surface area contributed by atoms with Crippen LogP contribution in [0.15, 0.2) is 29.3 Å². The molecule has 1 heterocycles. The van der Waals surface area contributed by atoms with Crippen LogP contribution in [0.5, 0.6) is 5.75 Å². The van der Waals surface area contributed by atoms with Crippen molar-refractivity contribution in [1.29, 1.82) is 0 Å². The molecule has 27 heavy (non-hydrogen) atoms. The molecule has 1 aromatic carbocycles. The molecule has 6 heteroatoms. The summed E-state index contributed by atoms with van der Waals surface area (Å²) in [6, 6.07) is 8.17. The molecule has 0 radical (unpaired) electrons. The number of nitrogens with one attached hydrogen (secondary N) is 2. The topological polar surface area (TPSA) is 66.0 Å². The van der Waals surface area contributed by atoms with E-state index in [0.29, 0.717) is 12.3 Å². The van der Waals surface area contributed by atoms with Gasteiger partial charge in [-0.15, -0.1) is 0 Å². The van der Waals surface area contributed by atoms with Crippen LogP contribution in [0, 0.1) is 12.8 Å². The number of nitrogens with zero attached hydrogens (tertiary/aromatic N) is 2. The van der Waals surface area contributed by atoms with Crippen molar-refractivity contribution in [1.82, 2.24) is 15.5 Å². The highest BCUT2D eigenvalue weighted by molar-refractivity contribution is 5.80. The smallest absolute Gasteiger partial charge is 0.220 e. The van der Waals surface area contributed by atoms with Gasteiger partial charge in [0.2, 0.25) is 5.91 Å². The maximum absolute atomic E-state index is 11.5. The Labute approximate surface area is 163 Å². The molecular weight excluding hydrogens is 340 g/mol. The van der Waals surface area contributed by atoms with Gasteiger partial charge in [0.25, 0.3) is 0 Å². The number of guanidine groups is 1. The minimum Gasteiger partial charge on any atom is -0.494 e. The Bertz CT molecular complexity index is 593. The molecule has 0 spiro atoms. The molecule has 6 nitrogen and oxygen atoms in total. The van der Waals surface area contributed by atoms with Crippen LogP contribution < -0.4 is 15.4 Å². The number of aliphatic imine (C=N–C) groups is 1. The number of piperidine rings is 1. The first-order chi connectivity index (χ1) is 13.1. The van der Waals surface area contributed by atoms with E-state index >= 15 is 0 Å². The lowest BCUT2D eigenvalue weighted by molar-refractivity contribution is -0.121. The Balaban J connectivity index is 1.59. The van der Waals surface area contributed by atoms with Gasteiger partial charge in [0, 0.05) is 40.2 Å². The Morgan fingerprint density at radius 2 is 1.93 bits per heavy atom. The van der Waals surface area contributed by atoms with Gasteiger partial charge in [0.1, 0.15) is 5.75 Å². The predicted octanol–water partition coefficient (Wildman–Crippen LogP) is 2.58. The van der Waals surface area contributed by atoms with E-state index in [1.165, 1.54) is 5.56 Å². The van der Waals surface area contributed by atoms with Gasteiger partial charge >= 0.3 is 0 Å². The van der Waals surface area contributed by atoms with Crippen molar-refractivity contribution >= 4 is 11.9 Å². The molecule has 1 fully saturated rings. The first-order valence-corrected chi connectivity index (χ1v) is 9.98. The second-order valence-corrected chi connectivity index (χ2v) is 7.15. The monoisotopic (exact) mass is 374 g/mol.